The Bertz CT molecular complexity index is 1160. The van der Waals surface area contributed by atoms with Crippen molar-refractivity contribution >= 4 is 20.8 Å². The molecule has 0 saturated carbocycles. The summed E-state index contributed by atoms with van der Waals surface area (Å²) in [6.45, 7) is 6.70. The molecule has 0 bridgehead atoms. The molecule has 0 spiro atoms. The second kappa shape index (κ2) is 7.19. The van der Waals surface area contributed by atoms with Crippen molar-refractivity contribution in [2.45, 2.75) is 31.7 Å². The van der Waals surface area contributed by atoms with Crippen LogP contribution in [0.5, 0.6) is 0 Å². The predicted octanol–water partition coefficient (Wildman–Crippen LogP) is 5.48. The van der Waals surface area contributed by atoms with E-state index in [-0.39, 0.29) is 12.0 Å². The maximum Gasteiger partial charge on any atom is 0.243 e. The van der Waals surface area contributed by atoms with Crippen LogP contribution in [0, 0.1) is 12.8 Å². The molecule has 0 radical (unpaired) electrons. The van der Waals surface area contributed by atoms with Crippen LogP contribution in [0.4, 0.5) is 0 Å². The van der Waals surface area contributed by atoms with Crippen LogP contribution >= 0.6 is 0 Å². The molecule has 3 nitrogen and oxygen atoms in total. The van der Waals surface area contributed by atoms with Gasteiger partial charge >= 0.3 is 0 Å². The van der Waals surface area contributed by atoms with Crippen LogP contribution in [0.15, 0.2) is 83.3 Å². The van der Waals surface area contributed by atoms with E-state index in [0.29, 0.717) is 11.4 Å². The first-order valence-electron chi connectivity index (χ1n) is 9.62. The lowest BCUT2D eigenvalue weighted by Crippen LogP contribution is -2.40. The summed E-state index contributed by atoms with van der Waals surface area (Å²) in [7, 11) is -3.64. The molecular weight excluding hydrogens is 366 g/mol. The number of benzene rings is 3. The fourth-order valence-electron chi connectivity index (χ4n) is 3.90. The van der Waals surface area contributed by atoms with Crippen molar-refractivity contribution in [2.24, 2.45) is 5.92 Å². The average molecular weight is 392 g/mol. The largest absolute Gasteiger partial charge is 0.243 e. The lowest BCUT2D eigenvalue weighted by atomic mass is 9.91. The van der Waals surface area contributed by atoms with Crippen LogP contribution in [0.25, 0.3) is 10.8 Å². The fourth-order valence-corrected chi connectivity index (χ4v) is 5.58. The third kappa shape index (κ3) is 3.27. The Kier molecular flexibility index (Phi) is 4.86. The number of aryl methyl sites for hydroxylation is 1. The van der Waals surface area contributed by atoms with E-state index in [2.05, 4.69) is 19.9 Å². The van der Waals surface area contributed by atoms with Gasteiger partial charge in [-0.1, -0.05) is 73.2 Å². The Morgan fingerprint density at radius 1 is 0.893 bits per heavy atom. The zero-order chi connectivity index (χ0) is 19.9. The maximum absolute atomic E-state index is 13.7. The minimum Gasteiger partial charge on any atom is -0.207 e. The van der Waals surface area contributed by atoms with Crippen LogP contribution in [0.3, 0.4) is 0 Å². The van der Waals surface area contributed by atoms with E-state index in [1.807, 2.05) is 61.5 Å². The highest BCUT2D eigenvalue weighted by Gasteiger charge is 2.36. The summed E-state index contributed by atoms with van der Waals surface area (Å²) in [6.07, 6.45) is 2.11. The Labute approximate surface area is 167 Å². The van der Waals surface area contributed by atoms with Gasteiger partial charge in [-0.25, -0.2) is 8.42 Å². The number of hydrogen-bond donors (Lipinski definition) is 0. The average Bonchev–Trinajstić information content (AvgIpc) is 2.69. The Morgan fingerprint density at radius 3 is 2.32 bits per heavy atom. The van der Waals surface area contributed by atoms with E-state index >= 15 is 0 Å². The first-order chi connectivity index (χ1) is 13.4. The van der Waals surface area contributed by atoms with Gasteiger partial charge in [0, 0.05) is 6.54 Å². The zero-order valence-corrected chi connectivity index (χ0v) is 17.3. The van der Waals surface area contributed by atoms with Crippen molar-refractivity contribution in [3.8, 4) is 0 Å². The Morgan fingerprint density at radius 2 is 1.57 bits per heavy atom. The van der Waals surface area contributed by atoms with Crippen molar-refractivity contribution in [1.29, 1.82) is 0 Å². The summed E-state index contributed by atoms with van der Waals surface area (Å²) in [4.78, 5) is 0.352. The zero-order valence-electron chi connectivity index (χ0n) is 16.5. The minimum absolute atomic E-state index is 0.190. The molecule has 0 N–H and O–H groups in total. The summed E-state index contributed by atoms with van der Waals surface area (Å²) in [5.74, 6) is 0.190. The topological polar surface area (TPSA) is 37.4 Å². The Balaban J connectivity index is 1.84. The highest BCUT2D eigenvalue weighted by atomic mass is 32.2. The van der Waals surface area contributed by atoms with Crippen molar-refractivity contribution in [2.75, 3.05) is 6.54 Å². The first-order valence-corrected chi connectivity index (χ1v) is 11.1. The second-order valence-electron chi connectivity index (χ2n) is 7.70. The van der Waals surface area contributed by atoms with Crippen LogP contribution in [0.2, 0.25) is 0 Å². The summed E-state index contributed by atoms with van der Waals surface area (Å²) in [5.41, 5.74) is 3.38. The molecule has 144 valence electrons. The van der Waals surface area contributed by atoms with Gasteiger partial charge in [0.1, 0.15) is 0 Å². The van der Waals surface area contributed by atoms with Gasteiger partial charge in [0.25, 0.3) is 0 Å². The molecule has 1 unspecified atom stereocenters. The van der Waals surface area contributed by atoms with Crippen LogP contribution in [0.1, 0.15) is 31.0 Å². The second-order valence-corrected chi connectivity index (χ2v) is 9.59. The number of hydrogen-bond acceptors (Lipinski definition) is 2. The Hall–Kier alpha value is -2.43. The van der Waals surface area contributed by atoms with Crippen molar-refractivity contribution < 1.29 is 8.42 Å². The molecule has 4 rings (SSSR count). The smallest absolute Gasteiger partial charge is 0.207 e. The molecule has 0 saturated heterocycles. The molecule has 1 heterocycles. The van der Waals surface area contributed by atoms with Gasteiger partial charge < -0.3 is 0 Å². The molecule has 1 aliphatic heterocycles. The lowest BCUT2D eigenvalue weighted by molar-refractivity contribution is 0.314. The summed E-state index contributed by atoms with van der Waals surface area (Å²) >= 11 is 0. The van der Waals surface area contributed by atoms with Gasteiger partial charge in [-0.05, 0) is 53.8 Å². The minimum atomic E-state index is -3.64. The number of sulfonamides is 1. The van der Waals surface area contributed by atoms with E-state index in [9.17, 15) is 8.42 Å². The third-order valence-electron chi connectivity index (χ3n) is 5.80. The van der Waals surface area contributed by atoms with Crippen LogP contribution in [-0.2, 0) is 10.0 Å². The SMILES string of the molecule is CC1=CC(c2ccccc2C)N(S(=O)(=O)c2ccc3ccccc3c2)C[C@@H]1C. The third-order valence-corrected chi connectivity index (χ3v) is 7.64. The molecule has 0 fully saturated rings. The molecule has 28 heavy (non-hydrogen) atoms. The van der Waals surface area contributed by atoms with Gasteiger partial charge in [-0.3, -0.25) is 0 Å². The van der Waals surface area contributed by atoms with Gasteiger partial charge in [0.15, 0.2) is 0 Å². The molecule has 3 aromatic carbocycles. The molecule has 1 aliphatic rings. The molecule has 0 aliphatic carbocycles. The highest BCUT2D eigenvalue weighted by Crippen LogP contribution is 2.37. The van der Waals surface area contributed by atoms with E-state index in [1.54, 1.807) is 16.4 Å². The standard InChI is InChI=1S/C24H25NO2S/c1-17-8-4-7-11-23(17)24-14-18(2)19(3)16-25(24)28(26,27)22-13-12-20-9-5-6-10-21(20)15-22/h4-15,19,24H,16H2,1-3H3/t19-,24?/m0/s1. The summed E-state index contributed by atoms with van der Waals surface area (Å²) in [5, 5.41) is 1.98. The van der Waals surface area contributed by atoms with E-state index < -0.39 is 10.0 Å². The normalized spacial score (nSPS) is 20.9. The maximum atomic E-state index is 13.7. The number of fused-ring (bicyclic) bond motifs is 1. The fraction of sp³-hybridized carbons (Fsp3) is 0.250. The van der Waals surface area contributed by atoms with E-state index in [4.69, 9.17) is 0 Å². The van der Waals surface area contributed by atoms with Crippen molar-refractivity contribution in [3.63, 3.8) is 0 Å². The first kappa shape index (κ1) is 18.9. The van der Waals surface area contributed by atoms with E-state index in [1.165, 1.54) is 5.57 Å². The van der Waals surface area contributed by atoms with Crippen LogP contribution in [-0.4, -0.2) is 19.3 Å². The molecule has 3 aromatic rings. The van der Waals surface area contributed by atoms with Gasteiger partial charge in [0.05, 0.1) is 10.9 Å². The van der Waals surface area contributed by atoms with Gasteiger partial charge in [-0.2, -0.15) is 4.31 Å². The summed E-state index contributed by atoms with van der Waals surface area (Å²) in [6, 6.07) is 21.0. The van der Waals surface area contributed by atoms with E-state index in [0.717, 1.165) is 21.9 Å². The summed E-state index contributed by atoms with van der Waals surface area (Å²) < 4.78 is 29.0. The lowest BCUT2D eigenvalue weighted by Gasteiger charge is -2.37. The molecule has 0 amide bonds. The van der Waals surface area contributed by atoms with Crippen molar-refractivity contribution in [3.05, 3.63) is 89.5 Å². The molecule has 4 heteroatoms. The molecular formula is C24H25NO2S. The highest BCUT2D eigenvalue weighted by molar-refractivity contribution is 7.89. The van der Waals surface area contributed by atoms with Gasteiger partial charge in [0.2, 0.25) is 10.0 Å². The van der Waals surface area contributed by atoms with Crippen molar-refractivity contribution in [1.82, 2.24) is 4.31 Å². The van der Waals surface area contributed by atoms with Crippen LogP contribution < -0.4 is 0 Å². The number of nitrogens with zero attached hydrogens (tertiary/aromatic N) is 1. The monoisotopic (exact) mass is 391 g/mol. The predicted molar refractivity (Wildman–Crippen MR) is 115 cm³/mol. The molecule has 0 aromatic heterocycles. The quantitative estimate of drug-likeness (QED) is 0.555. The van der Waals surface area contributed by atoms with Gasteiger partial charge in [-0.15, -0.1) is 0 Å². The number of rotatable bonds is 3. The molecule has 2 atom stereocenters.